The van der Waals surface area contributed by atoms with Gasteiger partial charge in [-0.3, -0.25) is 0 Å². The van der Waals surface area contributed by atoms with Gasteiger partial charge in [-0.15, -0.1) is 0 Å². The van der Waals surface area contributed by atoms with E-state index in [-0.39, 0.29) is 0 Å². The molecule has 25 heavy (non-hydrogen) atoms. The Hall–Kier alpha value is -1.85. The van der Waals surface area contributed by atoms with Crippen molar-refractivity contribution in [2.45, 2.75) is 25.1 Å². The zero-order valence-electron chi connectivity index (χ0n) is 14.0. The molecule has 0 aliphatic carbocycles. The zero-order chi connectivity index (χ0) is 17.7. The topological polar surface area (TPSA) is 12.5 Å². The lowest BCUT2D eigenvalue weighted by Gasteiger charge is -2.22. The second-order valence-corrected chi connectivity index (χ2v) is 6.33. The number of hydrogen-bond acceptors (Lipinski definition) is 2. The molecule has 1 saturated heterocycles. The summed E-state index contributed by atoms with van der Waals surface area (Å²) in [6.07, 6.45) is -2.44. The molecule has 0 N–H and O–H groups in total. The number of alkyl halides is 3. The van der Waals surface area contributed by atoms with Crippen LogP contribution in [0.15, 0.2) is 54.6 Å². The predicted molar refractivity (Wildman–Crippen MR) is 91.4 cm³/mol. The summed E-state index contributed by atoms with van der Waals surface area (Å²) < 4.78 is 45.2. The lowest BCUT2D eigenvalue weighted by molar-refractivity contribution is -0.137. The van der Waals surface area contributed by atoms with E-state index < -0.39 is 17.8 Å². The van der Waals surface area contributed by atoms with Crippen molar-refractivity contribution >= 4 is 0 Å². The van der Waals surface area contributed by atoms with Crippen molar-refractivity contribution in [3.8, 4) is 0 Å². The number of halogens is 3. The van der Waals surface area contributed by atoms with Crippen molar-refractivity contribution in [1.29, 1.82) is 0 Å². The maximum absolute atomic E-state index is 13.0. The van der Waals surface area contributed by atoms with Crippen molar-refractivity contribution in [3.63, 3.8) is 0 Å². The van der Waals surface area contributed by atoms with E-state index in [0.717, 1.165) is 31.3 Å². The molecule has 3 rings (SSSR count). The molecule has 2 nitrogen and oxygen atoms in total. The van der Waals surface area contributed by atoms with Gasteiger partial charge in [0.2, 0.25) is 0 Å². The highest BCUT2D eigenvalue weighted by atomic mass is 19.4. The number of benzene rings is 2. The molecule has 0 saturated carbocycles. The second-order valence-electron chi connectivity index (χ2n) is 6.33. The first-order chi connectivity index (χ1) is 12.0. The molecule has 1 fully saturated rings. The summed E-state index contributed by atoms with van der Waals surface area (Å²) in [4.78, 5) is 2.33. The molecule has 0 bridgehead atoms. The summed E-state index contributed by atoms with van der Waals surface area (Å²) in [5, 5.41) is 0. The Kier molecular flexibility index (Phi) is 5.76. The van der Waals surface area contributed by atoms with Crippen molar-refractivity contribution < 1.29 is 17.9 Å². The number of nitrogens with zero attached hydrogens (tertiary/aromatic N) is 1. The number of rotatable bonds is 6. The highest BCUT2D eigenvalue weighted by Gasteiger charge is 2.31. The molecular formula is C20H22F3NO. The number of ether oxygens (including phenoxy) is 1. The Morgan fingerprint density at radius 3 is 2.28 bits per heavy atom. The highest BCUT2D eigenvalue weighted by molar-refractivity contribution is 5.34. The average molecular weight is 349 g/mol. The Morgan fingerprint density at radius 2 is 1.60 bits per heavy atom. The Morgan fingerprint density at radius 1 is 0.920 bits per heavy atom. The maximum Gasteiger partial charge on any atom is 0.416 e. The summed E-state index contributed by atoms with van der Waals surface area (Å²) in [5.41, 5.74) is 0.750. The fraction of sp³-hybridized carbons (Fsp3) is 0.400. The zero-order valence-corrected chi connectivity index (χ0v) is 14.0. The van der Waals surface area contributed by atoms with Gasteiger partial charge in [-0.1, -0.05) is 42.5 Å². The normalized spacial score (nSPS) is 16.9. The van der Waals surface area contributed by atoms with Crippen LogP contribution in [-0.2, 0) is 10.9 Å². The maximum atomic E-state index is 13.0. The monoisotopic (exact) mass is 349 g/mol. The largest absolute Gasteiger partial charge is 0.416 e. The minimum Gasteiger partial charge on any atom is -0.367 e. The average Bonchev–Trinajstić information content (AvgIpc) is 3.12. The molecule has 0 spiro atoms. The van der Waals surface area contributed by atoms with Crippen LogP contribution in [0.4, 0.5) is 13.2 Å². The van der Waals surface area contributed by atoms with E-state index in [1.165, 1.54) is 25.0 Å². The third-order valence-electron chi connectivity index (χ3n) is 4.51. The van der Waals surface area contributed by atoms with Crippen molar-refractivity contribution in [2.24, 2.45) is 0 Å². The minimum absolute atomic E-state index is 0.494. The quantitative estimate of drug-likeness (QED) is 0.735. The summed E-state index contributed by atoms with van der Waals surface area (Å²) in [7, 11) is 0. The molecule has 0 amide bonds. The molecule has 2 aromatic carbocycles. The van der Waals surface area contributed by atoms with Gasteiger partial charge in [-0.05, 0) is 49.2 Å². The first-order valence-electron chi connectivity index (χ1n) is 8.60. The first-order valence-corrected chi connectivity index (χ1v) is 8.60. The van der Waals surface area contributed by atoms with Crippen LogP contribution in [0.2, 0.25) is 0 Å². The van der Waals surface area contributed by atoms with Gasteiger partial charge in [0, 0.05) is 6.54 Å². The molecule has 5 heteroatoms. The summed E-state index contributed by atoms with van der Waals surface area (Å²) in [5.74, 6) is 0. The van der Waals surface area contributed by atoms with E-state index in [2.05, 4.69) is 4.90 Å². The van der Waals surface area contributed by atoms with Crippen LogP contribution >= 0.6 is 0 Å². The van der Waals surface area contributed by atoms with E-state index in [9.17, 15) is 13.2 Å². The molecule has 2 aromatic rings. The highest BCUT2D eigenvalue weighted by Crippen LogP contribution is 2.33. The van der Waals surface area contributed by atoms with Crippen molar-refractivity contribution in [3.05, 3.63) is 71.3 Å². The second kappa shape index (κ2) is 8.02. The SMILES string of the molecule is FC(F)(F)c1cccc([C@H](OCCN2CCCC2)c2ccccc2)c1. The van der Waals surface area contributed by atoms with Crippen LogP contribution in [0.3, 0.4) is 0 Å². The van der Waals surface area contributed by atoms with Crippen LogP contribution in [0.5, 0.6) is 0 Å². The number of hydrogen-bond donors (Lipinski definition) is 0. The van der Waals surface area contributed by atoms with Crippen LogP contribution < -0.4 is 0 Å². The molecule has 0 radical (unpaired) electrons. The van der Waals surface area contributed by atoms with Crippen LogP contribution in [0, 0.1) is 0 Å². The minimum atomic E-state index is -4.35. The summed E-state index contributed by atoms with van der Waals surface area (Å²) >= 11 is 0. The molecular weight excluding hydrogens is 327 g/mol. The number of likely N-dealkylation sites (tertiary alicyclic amines) is 1. The Balaban J connectivity index is 1.78. The van der Waals surface area contributed by atoms with Crippen LogP contribution in [-0.4, -0.2) is 31.1 Å². The van der Waals surface area contributed by atoms with Gasteiger partial charge >= 0.3 is 6.18 Å². The van der Waals surface area contributed by atoms with Gasteiger partial charge < -0.3 is 9.64 Å². The molecule has 1 aliphatic heterocycles. The van der Waals surface area contributed by atoms with E-state index in [4.69, 9.17) is 4.74 Å². The lowest BCUT2D eigenvalue weighted by atomic mass is 9.99. The van der Waals surface area contributed by atoms with Gasteiger partial charge in [0.1, 0.15) is 6.10 Å². The van der Waals surface area contributed by atoms with Crippen LogP contribution in [0.25, 0.3) is 0 Å². The van der Waals surface area contributed by atoms with E-state index >= 15 is 0 Å². The third-order valence-corrected chi connectivity index (χ3v) is 4.51. The molecule has 0 unspecified atom stereocenters. The molecule has 1 heterocycles. The van der Waals surface area contributed by atoms with Gasteiger partial charge in [0.15, 0.2) is 0 Å². The Bertz CT molecular complexity index is 666. The fourth-order valence-electron chi connectivity index (χ4n) is 3.20. The fourth-order valence-corrected chi connectivity index (χ4v) is 3.20. The van der Waals surface area contributed by atoms with Gasteiger partial charge in [-0.25, -0.2) is 0 Å². The van der Waals surface area contributed by atoms with E-state index in [0.29, 0.717) is 12.2 Å². The molecule has 0 aromatic heterocycles. The third kappa shape index (κ3) is 4.83. The van der Waals surface area contributed by atoms with E-state index in [1.807, 2.05) is 30.3 Å². The van der Waals surface area contributed by atoms with Gasteiger partial charge in [-0.2, -0.15) is 13.2 Å². The van der Waals surface area contributed by atoms with Crippen LogP contribution in [0.1, 0.15) is 35.6 Å². The van der Waals surface area contributed by atoms with Gasteiger partial charge in [0.25, 0.3) is 0 Å². The lowest BCUT2D eigenvalue weighted by Crippen LogP contribution is -2.25. The predicted octanol–water partition coefficient (Wildman–Crippen LogP) is 4.91. The van der Waals surface area contributed by atoms with E-state index in [1.54, 1.807) is 6.07 Å². The molecule has 134 valence electrons. The smallest absolute Gasteiger partial charge is 0.367 e. The summed E-state index contributed by atoms with van der Waals surface area (Å²) in [6, 6.07) is 14.8. The summed E-state index contributed by atoms with van der Waals surface area (Å²) in [6.45, 7) is 3.45. The first kappa shape index (κ1) is 18.0. The van der Waals surface area contributed by atoms with Crippen molar-refractivity contribution in [2.75, 3.05) is 26.2 Å². The Labute approximate surface area is 146 Å². The standard InChI is InChI=1S/C20H22F3NO/c21-20(22,23)18-10-6-9-17(15-18)19(16-7-2-1-3-8-16)25-14-13-24-11-4-5-12-24/h1-3,6-10,15,19H,4-5,11-14H2/t19-/m1/s1. The molecule has 1 aliphatic rings. The van der Waals surface area contributed by atoms with Gasteiger partial charge in [0.05, 0.1) is 12.2 Å². The molecule has 1 atom stereocenters. The van der Waals surface area contributed by atoms with Crippen molar-refractivity contribution in [1.82, 2.24) is 4.90 Å².